The highest BCUT2D eigenvalue weighted by atomic mass is 16.5. The van der Waals surface area contributed by atoms with E-state index in [-0.39, 0.29) is 6.10 Å². The van der Waals surface area contributed by atoms with E-state index in [1.807, 2.05) is 24.0 Å². The highest BCUT2D eigenvalue weighted by Gasteiger charge is 2.35. The van der Waals surface area contributed by atoms with Gasteiger partial charge in [0.2, 0.25) is 5.91 Å². The van der Waals surface area contributed by atoms with E-state index >= 15 is 0 Å². The number of amides is 1. The van der Waals surface area contributed by atoms with Crippen LogP contribution in [0.1, 0.15) is 31.4 Å². The van der Waals surface area contributed by atoms with E-state index in [1.165, 1.54) is 0 Å². The number of carbonyl (C=O) groups is 1. The summed E-state index contributed by atoms with van der Waals surface area (Å²) in [6.07, 6.45) is 6.01. The number of aromatic nitrogens is 1. The molecule has 4 nitrogen and oxygen atoms in total. The van der Waals surface area contributed by atoms with Crippen molar-refractivity contribution in [1.29, 1.82) is 0 Å². The predicted molar refractivity (Wildman–Crippen MR) is 71.9 cm³/mol. The molecular formula is C15H20N2O2. The summed E-state index contributed by atoms with van der Waals surface area (Å²) in [5, 5.41) is 0. The molecule has 0 N–H and O–H groups in total. The standard InChI is InChI=1S/C15H20N2O2/c1-11-2-5-14(10-16-11)19-13-6-8-17(9-7-13)15(18)12-3-4-12/h2,5,10,12-13H,3-4,6-9H2,1H3. The predicted octanol–water partition coefficient (Wildman–Crippen LogP) is 2.17. The molecule has 0 unspecified atom stereocenters. The molecule has 1 amide bonds. The van der Waals surface area contributed by atoms with Gasteiger partial charge in [0, 0.05) is 37.5 Å². The molecule has 0 spiro atoms. The number of hydrogen-bond donors (Lipinski definition) is 0. The Morgan fingerprint density at radius 1 is 1.26 bits per heavy atom. The Kier molecular flexibility index (Phi) is 3.40. The molecule has 19 heavy (non-hydrogen) atoms. The zero-order chi connectivity index (χ0) is 13.2. The minimum Gasteiger partial charge on any atom is -0.489 e. The fourth-order valence-electron chi connectivity index (χ4n) is 2.50. The second-order valence-corrected chi connectivity index (χ2v) is 5.55. The van der Waals surface area contributed by atoms with Crippen LogP contribution < -0.4 is 4.74 Å². The van der Waals surface area contributed by atoms with Crippen LogP contribution >= 0.6 is 0 Å². The summed E-state index contributed by atoms with van der Waals surface area (Å²) in [5.74, 6) is 1.52. The topological polar surface area (TPSA) is 42.4 Å². The van der Waals surface area contributed by atoms with Gasteiger partial charge in [-0.2, -0.15) is 0 Å². The number of nitrogens with zero attached hydrogens (tertiary/aromatic N) is 2. The second kappa shape index (κ2) is 5.19. The zero-order valence-corrected chi connectivity index (χ0v) is 11.3. The maximum Gasteiger partial charge on any atom is 0.225 e. The Morgan fingerprint density at radius 2 is 2.00 bits per heavy atom. The summed E-state index contributed by atoms with van der Waals surface area (Å²) in [7, 11) is 0. The lowest BCUT2D eigenvalue weighted by atomic mass is 10.1. The van der Waals surface area contributed by atoms with Crippen molar-refractivity contribution in [3.63, 3.8) is 0 Å². The van der Waals surface area contributed by atoms with E-state index in [1.54, 1.807) is 6.20 Å². The Labute approximate surface area is 113 Å². The molecule has 1 aromatic rings. The Hall–Kier alpha value is -1.58. The van der Waals surface area contributed by atoms with Crippen LogP contribution in [0.2, 0.25) is 0 Å². The first-order valence-electron chi connectivity index (χ1n) is 7.10. The smallest absolute Gasteiger partial charge is 0.225 e. The largest absolute Gasteiger partial charge is 0.489 e. The Balaban J connectivity index is 1.49. The summed E-state index contributed by atoms with van der Waals surface area (Å²) >= 11 is 0. The van der Waals surface area contributed by atoms with Crippen LogP contribution in [0.4, 0.5) is 0 Å². The van der Waals surface area contributed by atoms with Crippen LogP contribution in [0.5, 0.6) is 5.75 Å². The van der Waals surface area contributed by atoms with Crippen molar-refractivity contribution in [2.75, 3.05) is 13.1 Å². The van der Waals surface area contributed by atoms with Crippen LogP contribution in [0, 0.1) is 12.8 Å². The first-order valence-corrected chi connectivity index (χ1v) is 7.10. The van der Waals surface area contributed by atoms with Crippen LogP contribution in [0.25, 0.3) is 0 Å². The lowest BCUT2D eigenvalue weighted by molar-refractivity contribution is -0.134. The van der Waals surface area contributed by atoms with Gasteiger partial charge >= 0.3 is 0 Å². The average molecular weight is 260 g/mol. The first-order chi connectivity index (χ1) is 9.22. The van der Waals surface area contributed by atoms with Crippen LogP contribution in [0.15, 0.2) is 18.3 Å². The molecule has 0 atom stereocenters. The van der Waals surface area contributed by atoms with Gasteiger partial charge in [-0.25, -0.2) is 0 Å². The van der Waals surface area contributed by atoms with Crippen molar-refractivity contribution in [3.8, 4) is 5.75 Å². The fraction of sp³-hybridized carbons (Fsp3) is 0.600. The van der Waals surface area contributed by atoms with E-state index in [2.05, 4.69) is 4.98 Å². The number of piperidine rings is 1. The number of rotatable bonds is 3. The van der Waals surface area contributed by atoms with Crippen molar-refractivity contribution in [1.82, 2.24) is 9.88 Å². The third-order valence-corrected chi connectivity index (χ3v) is 3.87. The number of likely N-dealkylation sites (tertiary alicyclic amines) is 1. The lowest BCUT2D eigenvalue weighted by Crippen LogP contribution is -2.42. The number of aryl methyl sites for hydroxylation is 1. The van der Waals surface area contributed by atoms with Gasteiger partial charge < -0.3 is 9.64 Å². The number of pyridine rings is 1. The zero-order valence-electron chi connectivity index (χ0n) is 11.3. The van der Waals surface area contributed by atoms with Crippen molar-refractivity contribution in [2.45, 2.75) is 38.7 Å². The molecule has 1 aliphatic carbocycles. The van der Waals surface area contributed by atoms with Crippen LogP contribution in [-0.2, 0) is 4.79 Å². The highest BCUT2D eigenvalue weighted by molar-refractivity contribution is 5.81. The van der Waals surface area contributed by atoms with Gasteiger partial charge in [-0.1, -0.05) is 0 Å². The van der Waals surface area contributed by atoms with Gasteiger partial charge in [0.05, 0.1) is 6.20 Å². The van der Waals surface area contributed by atoms with Gasteiger partial charge in [0.15, 0.2) is 0 Å². The minimum absolute atomic E-state index is 0.216. The number of ether oxygens (including phenoxy) is 1. The Morgan fingerprint density at radius 3 is 2.58 bits per heavy atom. The highest BCUT2D eigenvalue weighted by Crippen LogP contribution is 2.32. The SMILES string of the molecule is Cc1ccc(OC2CCN(C(=O)C3CC3)CC2)cn1. The molecular weight excluding hydrogens is 240 g/mol. The summed E-state index contributed by atoms with van der Waals surface area (Å²) in [5.41, 5.74) is 0.997. The molecule has 0 bridgehead atoms. The summed E-state index contributed by atoms with van der Waals surface area (Å²) in [4.78, 5) is 18.2. The molecule has 0 aromatic carbocycles. The summed E-state index contributed by atoms with van der Waals surface area (Å²) in [6.45, 7) is 3.63. The molecule has 1 saturated heterocycles. The van der Waals surface area contributed by atoms with E-state index in [0.29, 0.717) is 11.8 Å². The van der Waals surface area contributed by atoms with Crippen molar-refractivity contribution in [2.24, 2.45) is 5.92 Å². The maximum absolute atomic E-state index is 11.9. The van der Waals surface area contributed by atoms with Gasteiger partial charge in [-0.15, -0.1) is 0 Å². The van der Waals surface area contributed by atoms with Gasteiger partial charge in [0.25, 0.3) is 0 Å². The van der Waals surface area contributed by atoms with Crippen molar-refractivity contribution in [3.05, 3.63) is 24.0 Å². The second-order valence-electron chi connectivity index (χ2n) is 5.55. The molecule has 4 heteroatoms. The fourth-order valence-corrected chi connectivity index (χ4v) is 2.50. The number of hydrogen-bond acceptors (Lipinski definition) is 3. The molecule has 1 aromatic heterocycles. The van der Waals surface area contributed by atoms with Gasteiger partial charge in [0.1, 0.15) is 11.9 Å². The molecule has 1 aliphatic heterocycles. The van der Waals surface area contributed by atoms with E-state index < -0.39 is 0 Å². The molecule has 102 valence electrons. The maximum atomic E-state index is 11.9. The lowest BCUT2D eigenvalue weighted by Gasteiger charge is -2.32. The summed E-state index contributed by atoms with van der Waals surface area (Å²) in [6, 6.07) is 3.92. The van der Waals surface area contributed by atoms with Crippen molar-refractivity contribution >= 4 is 5.91 Å². The minimum atomic E-state index is 0.216. The van der Waals surface area contributed by atoms with Crippen LogP contribution in [-0.4, -0.2) is 35.0 Å². The van der Waals surface area contributed by atoms with Gasteiger partial charge in [-0.05, 0) is 31.9 Å². The molecule has 1 saturated carbocycles. The molecule has 0 radical (unpaired) electrons. The van der Waals surface area contributed by atoms with Crippen LogP contribution in [0.3, 0.4) is 0 Å². The van der Waals surface area contributed by atoms with E-state index in [9.17, 15) is 4.79 Å². The van der Waals surface area contributed by atoms with E-state index in [4.69, 9.17) is 4.74 Å². The molecule has 2 heterocycles. The third kappa shape index (κ3) is 3.06. The van der Waals surface area contributed by atoms with E-state index in [0.717, 1.165) is 50.2 Å². The Bertz CT molecular complexity index is 446. The number of carbonyl (C=O) groups excluding carboxylic acids is 1. The normalized spacial score (nSPS) is 20.4. The quantitative estimate of drug-likeness (QED) is 0.836. The average Bonchev–Trinajstić information content (AvgIpc) is 3.26. The monoisotopic (exact) mass is 260 g/mol. The van der Waals surface area contributed by atoms with Gasteiger partial charge in [-0.3, -0.25) is 9.78 Å². The molecule has 2 fully saturated rings. The molecule has 2 aliphatic rings. The summed E-state index contributed by atoms with van der Waals surface area (Å²) < 4.78 is 5.91. The van der Waals surface area contributed by atoms with Crippen molar-refractivity contribution < 1.29 is 9.53 Å². The molecule has 3 rings (SSSR count). The first kappa shape index (κ1) is 12.5. The third-order valence-electron chi connectivity index (χ3n) is 3.87.